The van der Waals surface area contributed by atoms with E-state index >= 15 is 0 Å². The van der Waals surface area contributed by atoms with E-state index < -0.39 is 0 Å². The Hall–Kier alpha value is -2.62. The standard InChI is InChI=1S/C26H26N2O2/c1-6-12-26(13-7-1,24-27-22-18-10-4-2-8-16(18)14-20(22)29-24)25-28-23-19-11-5-3-9-17(19)15-21(23)30-25/h2-5,8-11,20-23H,1,6-7,12-15H2/t20-,21?,22+,23?/m1/s1. The lowest BCUT2D eigenvalue weighted by atomic mass is 9.73. The second-order valence-electron chi connectivity index (χ2n) is 9.52. The largest absolute Gasteiger partial charge is 0.474 e. The number of rotatable bonds is 2. The molecule has 0 N–H and O–H groups in total. The third-order valence-corrected chi connectivity index (χ3v) is 7.86. The highest BCUT2D eigenvalue weighted by molar-refractivity contribution is 6.06. The molecule has 4 heteroatoms. The van der Waals surface area contributed by atoms with Gasteiger partial charge in [-0.25, -0.2) is 9.98 Å². The highest BCUT2D eigenvalue weighted by Crippen LogP contribution is 2.51. The van der Waals surface area contributed by atoms with Crippen molar-refractivity contribution in [1.29, 1.82) is 0 Å². The molecular formula is C26H26N2O2. The van der Waals surface area contributed by atoms with Gasteiger partial charge in [-0.2, -0.15) is 0 Å². The van der Waals surface area contributed by atoms with Crippen molar-refractivity contribution in [2.75, 3.05) is 0 Å². The van der Waals surface area contributed by atoms with Crippen molar-refractivity contribution in [1.82, 2.24) is 0 Å². The number of hydrogen-bond acceptors (Lipinski definition) is 4. The van der Waals surface area contributed by atoms with Crippen LogP contribution in [0.15, 0.2) is 58.5 Å². The third kappa shape index (κ3) is 2.28. The van der Waals surface area contributed by atoms with Gasteiger partial charge in [0.05, 0.1) is 0 Å². The Balaban J connectivity index is 1.28. The van der Waals surface area contributed by atoms with Gasteiger partial charge >= 0.3 is 0 Å². The average molecular weight is 399 g/mol. The quantitative estimate of drug-likeness (QED) is 0.704. The van der Waals surface area contributed by atoms with Gasteiger partial charge in [-0.15, -0.1) is 0 Å². The van der Waals surface area contributed by atoms with E-state index in [9.17, 15) is 0 Å². The summed E-state index contributed by atoms with van der Waals surface area (Å²) in [7, 11) is 0. The molecule has 0 saturated heterocycles. The van der Waals surface area contributed by atoms with Crippen molar-refractivity contribution in [3.63, 3.8) is 0 Å². The fourth-order valence-electron chi connectivity index (χ4n) is 6.34. The van der Waals surface area contributed by atoms with Gasteiger partial charge in [-0.05, 0) is 35.1 Å². The number of ether oxygens (including phenoxy) is 2. The summed E-state index contributed by atoms with van der Waals surface area (Å²) in [6.45, 7) is 0. The minimum atomic E-state index is -0.267. The van der Waals surface area contributed by atoms with E-state index in [0.29, 0.717) is 0 Å². The molecule has 2 aliphatic heterocycles. The first-order valence-corrected chi connectivity index (χ1v) is 11.5. The zero-order valence-corrected chi connectivity index (χ0v) is 17.1. The molecule has 4 nitrogen and oxygen atoms in total. The molecule has 0 amide bonds. The maximum absolute atomic E-state index is 6.60. The Morgan fingerprint density at radius 2 is 1.17 bits per heavy atom. The van der Waals surface area contributed by atoms with Crippen molar-refractivity contribution in [2.45, 2.75) is 69.2 Å². The van der Waals surface area contributed by atoms with E-state index in [1.54, 1.807) is 0 Å². The summed E-state index contributed by atoms with van der Waals surface area (Å²) in [6.07, 6.45) is 7.89. The average Bonchev–Trinajstić information content (AvgIpc) is 3.52. The number of fused-ring (bicyclic) bond motifs is 6. The molecule has 2 aromatic rings. The van der Waals surface area contributed by atoms with E-state index in [2.05, 4.69) is 48.5 Å². The van der Waals surface area contributed by atoms with Crippen LogP contribution in [0.2, 0.25) is 0 Å². The number of hydrogen-bond donors (Lipinski definition) is 0. The van der Waals surface area contributed by atoms with E-state index in [4.69, 9.17) is 19.5 Å². The van der Waals surface area contributed by atoms with Gasteiger partial charge in [0.2, 0.25) is 0 Å². The molecule has 0 bridgehead atoms. The minimum Gasteiger partial charge on any atom is -0.474 e. The molecule has 152 valence electrons. The molecule has 2 unspecified atom stereocenters. The van der Waals surface area contributed by atoms with Crippen molar-refractivity contribution in [2.24, 2.45) is 15.4 Å². The smallest absolute Gasteiger partial charge is 0.200 e. The zero-order chi connectivity index (χ0) is 19.7. The van der Waals surface area contributed by atoms with Crippen molar-refractivity contribution in [3.8, 4) is 0 Å². The highest BCUT2D eigenvalue weighted by atomic mass is 16.5. The molecule has 30 heavy (non-hydrogen) atoms. The summed E-state index contributed by atoms with van der Waals surface area (Å²) in [4.78, 5) is 10.4. The molecule has 3 aliphatic carbocycles. The van der Waals surface area contributed by atoms with Gasteiger partial charge in [0, 0.05) is 12.8 Å². The maximum Gasteiger partial charge on any atom is 0.200 e. The Morgan fingerprint density at radius 1 is 0.667 bits per heavy atom. The molecule has 4 atom stereocenters. The van der Waals surface area contributed by atoms with Gasteiger partial charge in [0.15, 0.2) is 11.8 Å². The zero-order valence-electron chi connectivity index (χ0n) is 17.1. The molecule has 2 heterocycles. The number of nitrogens with zero attached hydrogens (tertiary/aromatic N) is 2. The van der Waals surface area contributed by atoms with Crippen molar-refractivity contribution in [3.05, 3.63) is 70.8 Å². The number of benzene rings is 2. The van der Waals surface area contributed by atoms with Crippen LogP contribution in [0.3, 0.4) is 0 Å². The molecular weight excluding hydrogens is 372 g/mol. The van der Waals surface area contributed by atoms with Gasteiger partial charge in [0.1, 0.15) is 29.7 Å². The molecule has 1 saturated carbocycles. The number of aliphatic imine (C=N–C) groups is 2. The Labute approximate surface area is 177 Å². The normalized spacial score (nSPS) is 32.3. The summed E-state index contributed by atoms with van der Waals surface area (Å²) in [5.41, 5.74) is 5.17. The summed E-state index contributed by atoms with van der Waals surface area (Å²) in [5, 5.41) is 0. The van der Waals surface area contributed by atoms with Crippen molar-refractivity contribution < 1.29 is 9.47 Å². The van der Waals surface area contributed by atoms with Crippen LogP contribution < -0.4 is 0 Å². The second-order valence-corrected chi connectivity index (χ2v) is 9.52. The first kappa shape index (κ1) is 17.1. The van der Waals surface area contributed by atoms with E-state index in [1.165, 1.54) is 41.5 Å². The summed E-state index contributed by atoms with van der Waals surface area (Å²) in [5.74, 6) is 1.80. The molecule has 1 fully saturated rings. The van der Waals surface area contributed by atoms with Crippen LogP contribution in [-0.2, 0) is 22.3 Å². The van der Waals surface area contributed by atoms with Gasteiger partial charge in [-0.3, -0.25) is 0 Å². The summed E-state index contributed by atoms with van der Waals surface area (Å²) in [6, 6.07) is 17.6. The van der Waals surface area contributed by atoms with Crippen LogP contribution in [-0.4, -0.2) is 24.0 Å². The molecule has 0 aromatic heterocycles. The van der Waals surface area contributed by atoms with Crippen LogP contribution in [0.5, 0.6) is 0 Å². The predicted molar refractivity (Wildman–Crippen MR) is 116 cm³/mol. The van der Waals surface area contributed by atoms with Crippen LogP contribution in [0.1, 0.15) is 66.4 Å². The SMILES string of the molecule is c1ccc2c(c1)CC1OC(C3(C4=N[C@H]5c6ccccc6C[C@H]5O4)CCCCC3)=NC21. The summed E-state index contributed by atoms with van der Waals surface area (Å²) >= 11 is 0. The predicted octanol–water partition coefficient (Wildman–Crippen LogP) is 5.13. The first-order valence-electron chi connectivity index (χ1n) is 11.5. The molecule has 7 rings (SSSR count). The summed E-state index contributed by atoms with van der Waals surface area (Å²) < 4.78 is 13.2. The molecule has 0 spiro atoms. The Kier molecular flexibility index (Phi) is 3.53. The monoisotopic (exact) mass is 398 g/mol. The van der Waals surface area contributed by atoms with Gasteiger partial charge in [0.25, 0.3) is 0 Å². The first-order chi connectivity index (χ1) is 14.8. The minimum absolute atomic E-state index is 0.136. The lowest BCUT2D eigenvalue weighted by Gasteiger charge is -2.36. The Bertz CT molecular complexity index is 1000. The van der Waals surface area contributed by atoms with Gasteiger partial charge in [-0.1, -0.05) is 67.8 Å². The van der Waals surface area contributed by atoms with Crippen LogP contribution in [0, 0.1) is 5.41 Å². The lowest BCUT2D eigenvalue weighted by molar-refractivity contribution is 0.149. The Morgan fingerprint density at radius 3 is 1.70 bits per heavy atom. The third-order valence-electron chi connectivity index (χ3n) is 7.86. The molecule has 2 aromatic carbocycles. The van der Waals surface area contributed by atoms with Crippen LogP contribution in [0.4, 0.5) is 0 Å². The second kappa shape index (κ2) is 6.19. The topological polar surface area (TPSA) is 43.2 Å². The van der Waals surface area contributed by atoms with E-state index in [-0.39, 0.29) is 29.7 Å². The van der Waals surface area contributed by atoms with E-state index in [0.717, 1.165) is 37.5 Å². The lowest BCUT2D eigenvalue weighted by Crippen LogP contribution is -2.43. The maximum atomic E-state index is 6.60. The van der Waals surface area contributed by atoms with Crippen molar-refractivity contribution >= 4 is 11.8 Å². The van der Waals surface area contributed by atoms with Crippen LogP contribution >= 0.6 is 0 Å². The highest BCUT2D eigenvalue weighted by Gasteiger charge is 2.54. The fourth-order valence-corrected chi connectivity index (χ4v) is 6.34. The van der Waals surface area contributed by atoms with Crippen LogP contribution in [0.25, 0.3) is 0 Å². The fraction of sp³-hybridized carbons (Fsp3) is 0.462. The van der Waals surface area contributed by atoms with E-state index in [1.807, 2.05) is 0 Å². The molecule has 5 aliphatic rings. The molecule has 0 radical (unpaired) electrons. The van der Waals surface area contributed by atoms with Gasteiger partial charge < -0.3 is 9.47 Å².